The number of carbonyl (C=O) groups is 1. The largest absolute Gasteiger partial charge is 0.493 e. The fourth-order valence-corrected chi connectivity index (χ4v) is 1.99. The van der Waals surface area contributed by atoms with Crippen LogP contribution >= 0.6 is 22.6 Å². The van der Waals surface area contributed by atoms with Crippen molar-refractivity contribution in [2.45, 2.75) is 20.3 Å². The molecule has 0 aliphatic carbocycles. The van der Waals surface area contributed by atoms with E-state index in [4.69, 9.17) is 4.74 Å². The lowest BCUT2D eigenvalue weighted by Gasteiger charge is -2.12. The summed E-state index contributed by atoms with van der Waals surface area (Å²) in [6, 6.07) is 2.68. The molecule has 0 amide bonds. The highest BCUT2D eigenvalue weighted by atomic mass is 127. The van der Waals surface area contributed by atoms with Gasteiger partial charge in [-0.2, -0.15) is 0 Å². The van der Waals surface area contributed by atoms with Gasteiger partial charge in [-0.3, -0.25) is 4.79 Å². The van der Waals surface area contributed by atoms with Crippen LogP contribution in [0.3, 0.4) is 0 Å². The minimum Gasteiger partial charge on any atom is -0.493 e. The van der Waals surface area contributed by atoms with Gasteiger partial charge in [-0.1, -0.05) is 0 Å². The van der Waals surface area contributed by atoms with Gasteiger partial charge in [0.1, 0.15) is 5.75 Å². The fourth-order valence-electron chi connectivity index (χ4n) is 1.29. The Morgan fingerprint density at radius 1 is 1.50 bits per heavy atom. The average molecular weight is 340 g/mol. The molecule has 1 aromatic carbocycles. The summed E-state index contributed by atoms with van der Waals surface area (Å²) in [6.07, 6.45) is -2.56. The maximum absolute atomic E-state index is 12.6. The molecule has 0 fully saturated rings. The summed E-state index contributed by atoms with van der Waals surface area (Å²) < 4.78 is 30.8. The second-order valence-electron chi connectivity index (χ2n) is 3.16. The van der Waals surface area contributed by atoms with Gasteiger partial charge in [-0.05, 0) is 48.6 Å². The van der Waals surface area contributed by atoms with Crippen molar-refractivity contribution in [1.29, 1.82) is 0 Å². The van der Waals surface area contributed by atoms with Gasteiger partial charge in [-0.15, -0.1) is 0 Å². The highest BCUT2D eigenvalue weighted by molar-refractivity contribution is 14.1. The van der Waals surface area contributed by atoms with Crippen LogP contribution in [0.15, 0.2) is 12.1 Å². The van der Waals surface area contributed by atoms with E-state index in [2.05, 4.69) is 0 Å². The Bertz CT molecular complexity index is 405. The van der Waals surface area contributed by atoms with Crippen molar-refractivity contribution in [3.63, 3.8) is 0 Å². The zero-order valence-corrected chi connectivity index (χ0v) is 11.0. The molecule has 0 N–H and O–H groups in total. The molecule has 1 rings (SSSR count). The van der Waals surface area contributed by atoms with Crippen LogP contribution in [0, 0.1) is 3.57 Å². The van der Waals surface area contributed by atoms with Gasteiger partial charge in [0.15, 0.2) is 5.78 Å². The van der Waals surface area contributed by atoms with E-state index in [1.807, 2.05) is 0 Å². The molecule has 5 heteroatoms. The topological polar surface area (TPSA) is 26.3 Å². The zero-order chi connectivity index (χ0) is 12.3. The SMILES string of the molecule is CCOc1cc(C(F)F)c(I)cc1C(C)=O. The minimum atomic E-state index is -2.56. The molecular weight excluding hydrogens is 329 g/mol. The smallest absolute Gasteiger partial charge is 0.265 e. The number of Topliss-reactive ketones (excluding diaryl/α,β-unsaturated/α-hetero) is 1. The third-order valence-corrected chi connectivity index (χ3v) is 2.95. The van der Waals surface area contributed by atoms with E-state index in [1.165, 1.54) is 19.1 Å². The molecule has 88 valence electrons. The summed E-state index contributed by atoms with van der Waals surface area (Å²) in [5, 5.41) is 0. The zero-order valence-electron chi connectivity index (χ0n) is 8.89. The molecule has 0 heterocycles. The quantitative estimate of drug-likeness (QED) is 0.615. The first kappa shape index (κ1) is 13.3. The first-order valence-corrected chi connectivity index (χ1v) is 5.80. The third kappa shape index (κ3) is 2.90. The van der Waals surface area contributed by atoms with Crippen LogP contribution in [-0.2, 0) is 0 Å². The van der Waals surface area contributed by atoms with Crippen molar-refractivity contribution in [2.24, 2.45) is 0 Å². The number of ketones is 1. The predicted octanol–water partition coefficient (Wildman–Crippen LogP) is 3.83. The van der Waals surface area contributed by atoms with Crippen molar-refractivity contribution < 1.29 is 18.3 Å². The second-order valence-corrected chi connectivity index (χ2v) is 4.32. The van der Waals surface area contributed by atoms with Crippen LogP contribution in [-0.4, -0.2) is 12.4 Å². The number of hydrogen-bond acceptors (Lipinski definition) is 2. The Labute approximate surface area is 106 Å². The van der Waals surface area contributed by atoms with Gasteiger partial charge in [0.05, 0.1) is 12.2 Å². The van der Waals surface area contributed by atoms with Gasteiger partial charge < -0.3 is 4.74 Å². The van der Waals surface area contributed by atoms with Crippen molar-refractivity contribution >= 4 is 28.4 Å². The Balaban J connectivity index is 3.31. The lowest BCUT2D eigenvalue weighted by molar-refractivity contribution is 0.101. The molecule has 0 saturated carbocycles. The van der Waals surface area contributed by atoms with E-state index in [-0.39, 0.29) is 17.1 Å². The van der Waals surface area contributed by atoms with Gasteiger partial charge in [0.2, 0.25) is 0 Å². The fraction of sp³-hybridized carbons (Fsp3) is 0.364. The number of ether oxygens (including phenoxy) is 1. The molecule has 0 saturated heterocycles. The number of alkyl halides is 2. The Hall–Kier alpha value is -0.720. The molecule has 0 unspecified atom stereocenters. The predicted molar refractivity (Wildman–Crippen MR) is 65.3 cm³/mol. The van der Waals surface area contributed by atoms with Crippen molar-refractivity contribution in [3.8, 4) is 5.75 Å². The molecule has 0 atom stereocenters. The summed E-state index contributed by atoms with van der Waals surface area (Å²) >= 11 is 1.79. The Morgan fingerprint density at radius 3 is 2.56 bits per heavy atom. The first-order chi connectivity index (χ1) is 7.47. The molecule has 0 spiro atoms. The molecule has 0 radical (unpaired) electrons. The van der Waals surface area contributed by atoms with Crippen LogP contribution in [0.25, 0.3) is 0 Å². The van der Waals surface area contributed by atoms with E-state index >= 15 is 0 Å². The van der Waals surface area contributed by atoms with E-state index in [1.54, 1.807) is 29.5 Å². The van der Waals surface area contributed by atoms with E-state index in [9.17, 15) is 13.6 Å². The Morgan fingerprint density at radius 2 is 2.12 bits per heavy atom. The highest BCUT2D eigenvalue weighted by Crippen LogP contribution is 2.31. The van der Waals surface area contributed by atoms with Crippen LogP contribution in [0.4, 0.5) is 8.78 Å². The highest BCUT2D eigenvalue weighted by Gasteiger charge is 2.17. The van der Waals surface area contributed by atoms with Gasteiger partial charge in [0, 0.05) is 9.13 Å². The summed E-state index contributed by atoms with van der Waals surface area (Å²) in [4.78, 5) is 11.3. The summed E-state index contributed by atoms with van der Waals surface area (Å²) in [6.45, 7) is 3.46. The molecular formula is C11H11F2IO2. The molecule has 0 bridgehead atoms. The van der Waals surface area contributed by atoms with Crippen molar-refractivity contribution in [3.05, 3.63) is 26.8 Å². The van der Waals surface area contributed by atoms with Crippen LogP contribution in [0.5, 0.6) is 5.75 Å². The van der Waals surface area contributed by atoms with E-state index < -0.39 is 6.43 Å². The molecule has 0 aliphatic rings. The average Bonchev–Trinajstić information content (AvgIpc) is 2.19. The third-order valence-electron chi connectivity index (χ3n) is 2.01. The first-order valence-electron chi connectivity index (χ1n) is 4.72. The lowest BCUT2D eigenvalue weighted by Crippen LogP contribution is -2.03. The van der Waals surface area contributed by atoms with Gasteiger partial charge >= 0.3 is 0 Å². The molecule has 0 aliphatic heterocycles. The Kier molecular flexibility index (Phi) is 4.64. The standard InChI is InChI=1S/C11H11F2IO2/c1-3-16-10-5-8(11(12)13)9(14)4-7(10)6(2)15/h4-5,11H,3H2,1-2H3. The number of halogens is 3. The van der Waals surface area contributed by atoms with E-state index in [0.29, 0.717) is 15.7 Å². The van der Waals surface area contributed by atoms with Crippen LogP contribution < -0.4 is 4.74 Å². The van der Waals surface area contributed by atoms with Crippen LogP contribution in [0.2, 0.25) is 0 Å². The summed E-state index contributed by atoms with van der Waals surface area (Å²) in [5.41, 5.74) is 0.240. The van der Waals surface area contributed by atoms with Gasteiger partial charge in [0.25, 0.3) is 6.43 Å². The maximum Gasteiger partial charge on any atom is 0.265 e. The minimum absolute atomic E-state index is 0.103. The van der Waals surface area contributed by atoms with Gasteiger partial charge in [-0.25, -0.2) is 8.78 Å². The lowest BCUT2D eigenvalue weighted by atomic mass is 10.1. The normalized spacial score (nSPS) is 10.6. The number of carbonyl (C=O) groups excluding carboxylic acids is 1. The number of benzene rings is 1. The molecule has 2 nitrogen and oxygen atoms in total. The van der Waals surface area contributed by atoms with Crippen molar-refractivity contribution in [1.82, 2.24) is 0 Å². The molecule has 0 aromatic heterocycles. The maximum atomic E-state index is 12.6. The number of rotatable bonds is 4. The van der Waals surface area contributed by atoms with E-state index in [0.717, 1.165) is 0 Å². The number of hydrogen-bond donors (Lipinski definition) is 0. The second kappa shape index (κ2) is 5.56. The van der Waals surface area contributed by atoms with Crippen molar-refractivity contribution in [2.75, 3.05) is 6.61 Å². The summed E-state index contributed by atoms with van der Waals surface area (Å²) in [5.74, 6) is 0.0351. The molecule has 16 heavy (non-hydrogen) atoms. The molecule has 1 aromatic rings. The van der Waals surface area contributed by atoms with Crippen LogP contribution in [0.1, 0.15) is 36.2 Å². The monoisotopic (exact) mass is 340 g/mol. The summed E-state index contributed by atoms with van der Waals surface area (Å²) in [7, 11) is 0.